The molecule has 2 aromatic carbocycles. The Labute approximate surface area is 193 Å². The Balaban J connectivity index is 1.19. The molecule has 0 radical (unpaired) electrons. The Morgan fingerprint density at radius 2 is 1.58 bits per heavy atom. The normalized spacial score (nSPS) is 26.9. The van der Waals surface area contributed by atoms with Gasteiger partial charge in [-0.15, -0.1) is 0 Å². The van der Waals surface area contributed by atoms with Crippen molar-refractivity contribution >= 4 is 29.1 Å². The standard InChI is InChI=1S/C24H27Cl2N3O2/c25-18-4-1-16(2-5-18)24(31)29-14-22(23(30)15-29)28-11-9-27(10-12-28)21-8-3-17-13-19(26)6-7-20(17)21/h1-2,4-7,13,21-23,30H,3,8-12,14-15H2/t21?,22-,23-/m1/s1. The highest BCUT2D eigenvalue weighted by Gasteiger charge is 2.40. The third kappa shape index (κ3) is 4.22. The summed E-state index contributed by atoms with van der Waals surface area (Å²) in [6.07, 6.45) is 1.71. The number of fused-ring (bicyclic) bond motifs is 1. The summed E-state index contributed by atoms with van der Waals surface area (Å²) >= 11 is 12.1. The highest BCUT2D eigenvalue weighted by atomic mass is 35.5. The molecular weight excluding hydrogens is 433 g/mol. The number of carbonyl (C=O) groups is 1. The van der Waals surface area contributed by atoms with Crippen molar-refractivity contribution in [2.45, 2.75) is 31.0 Å². The van der Waals surface area contributed by atoms with E-state index < -0.39 is 6.10 Å². The molecule has 2 aliphatic heterocycles. The fraction of sp³-hybridized carbons (Fsp3) is 0.458. The van der Waals surface area contributed by atoms with E-state index in [1.165, 1.54) is 11.1 Å². The van der Waals surface area contributed by atoms with Gasteiger partial charge in [0.25, 0.3) is 5.91 Å². The molecule has 2 fully saturated rings. The van der Waals surface area contributed by atoms with Crippen molar-refractivity contribution in [2.24, 2.45) is 0 Å². The zero-order chi connectivity index (χ0) is 21.5. The maximum Gasteiger partial charge on any atom is 0.253 e. The Morgan fingerprint density at radius 1 is 0.903 bits per heavy atom. The molecular formula is C24H27Cl2N3O2. The molecule has 7 heteroatoms. The topological polar surface area (TPSA) is 47.0 Å². The minimum absolute atomic E-state index is 0.00642. The van der Waals surface area contributed by atoms with Crippen LogP contribution in [0.1, 0.15) is 33.9 Å². The number of likely N-dealkylation sites (tertiary alicyclic amines) is 1. The van der Waals surface area contributed by atoms with E-state index in [0.717, 1.165) is 44.0 Å². The molecule has 0 bridgehead atoms. The summed E-state index contributed by atoms with van der Waals surface area (Å²) < 4.78 is 0. The van der Waals surface area contributed by atoms with Gasteiger partial charge in [0.1, 0.15) is 0 Å². The van der Waals surface area contributed by atoms with Gasteiger partial charge in [-0.05, 0) is 60.4 Å². The van der Waals surface area contributed by atoms with Gasteiger partial charge in [0.05, 0.1) is 12.1 Å². The summed E-state index contributed by atoms with van der Waals surface area (Å²) in [5.41, 5.74) is 3.41. The summed E-state index contributed by atoms with van der Waals surface area (Å²) in [6, 6.07) is 13.7. The van der Waals surface area contributed by atoms with E-state index in [4.69, 9.17) is 23.2 Å². The summed E-state index contributed by atoms with van der Waals surface area (Å²) in [5, 5.41) is 12.1. The number of aliphatic hydroxyl groups excluding tert-OH is 1. The van der Waals surface area contributed by atoms with Gasteiger partial charge >= 0.3 is 0 Å². The van der Waals surface area contributed by atoms with Gasteiger partial charge < -0.3 is 10.0 Å². The molecule has 3 aliphatic rings. The van der Waals surface area contributed by atoms with Crippen molar-refractivity contribution in [2.75, 3.05) is 39.3 Å². The van der Waals surface area contributed by atoms with Crippen molar-refractivity contribution in [3.63, 3.8) is 0 Å². The van der Waals surface area contributed by atoms with Crippen LogP contribution < -0.4 is 0 Å². The van der Waals surface area contributed by atoms with Gasteiger partial charge in [0.2, 0.25) is 0 Å². The molecule has 31 heavy (non-hydrogen) atoms. The van der Waals surface area contributed by atoms with Crippen LogP contribution in [0.5, 0.6) is 0 Å². The van der Waals surface area contributed by atoms with Gasteiger partial charge in [-0.3, -0.25) is 14.6 Å². The van der Waals surface area contributed by atoms with Crippen LogP contribution in [0.25, 0.3) is 0 Å². The number of amides is 1. The largest absolute Gasteiger partial charge is 0.390 e. The van der Waals surface area contributed by atoms with Gasteiger partial charge in [-0.25, -0.2) is 0 Å². The van der Waals surface area contributed by atoms with Crippen molar-refractivity contribution < 1.29 is 9.90 Å². The van der Waals surface area contributed by atoms with Gasteiger partial charge in [-0.1, -0.05) is 29.3 Å². The zero-order valence-corrected chi connectivity index (χ0v) is 18.9. The third-order valence-corrected chi connectivity index (χ3v) is 7.53. The molecule has 1 amide bonds. The maximum absolute atomic E-state index is 12.8. The molecule has 1 N–H and O–H groups in total. The van der Waals surface area contributed by atoms with E-state index in [-0.39, 0.29) is 11.9 Å². The Hall–Kier alpha value is -1.63. The van der Waals surface area contributed by atoms with Gasteiger partial charge in [0.15, 0.2) is 0 Å². The second-order valence-electron chi connectivity index (χ2n) is 8.82. The molecule has 5 nitrogen and oxygen atoms in total. The van der Waals surface area contributed by atoms with Gasteiger partial charge in [0, 0.05) is 60.9 Å². The predicted octanol–water partition coefficient (Wildman–Crippen LogP) is 3.48. The average molecular weight is 460 g/mol. The lowest BCUT2D eigenvalue weighted by Gasteiger charge is -2.41. The maximum atomic E-state index is 12.8. The number of halogens is 2. The zero-order valence-electron chi connectivity index (χ0n) is 17.4. The second-order valence-corrected chi connectivity index (χ2v) is 9.69. The molecule has 0 spiro atoms. The minimum atomic E-state index is -0.517. The van der Waals surface area contributed by atoms with Crippen LogP contribution >= 0.6 is 23.2 Å². The second kappa shape index (κ2) is 8.72. The number of hydrogen-bond donors (Lipinski definition) is 1. The molecule has 2 saturated heterocycles. The first-order chi connectivity index (χ1) is 15.0. The number of hydrogen-bond acceptors (Lipinski definition) is 4. The number of aliphatic hydroxyl groups is 1. The van der Waals surface area contributed by atoms with E-state index in [0.29, 0.717) is 29.7 Å². The highest BCUT2D eigenvalue weighted by Crippen LogP contribution is 2.37. The first-order valence-corrected chi connectivity index (χ1v) is 11.7. The SMILES string of the molecule is O=C(c1ccc(Cl)cc1)N1C[C@@H](O)[C@H](N2CCN(C3CCc4cc(Cl)ccc43)CC2)C1. The number of rotatable bonds is 3. The van der Waals surface area contributed by atoms with Gasteiger partial charge in [-0.2, -0.15) is 0 Å². The number of benzene rings is 2. The smallest absolute Gasteiger partial charge is 0.253 e. The molecule has 1 unspecified atom stereocenters. The van der Waals surface area contributed by atoms with Crippen LogP contribution in [-0.4, -0.2) is 77.1 Å². The van der Waals surface area contributed by atoms with Crippen LogP contribution in [0.4, 0.5) is 0 Å². The van der Waals surface area contributed by atoms with E-state index in [2.05, 4.69) is 21.9 Å². The Morgan fingerprint density at radius 3 is 2.32 bits per heavy atom. The summed E-state index contributed by atoms with van der Waals surface area (Å²) in [6.45, 7) is 4.70. The number of β-amino-alcohol motifs (C(OH)–C–C–N with tert-alkyl or cyclic N) is 1. The molecule has 0 saturated carbocycles. The van der Waals surface area contributed by atoms with Crippen molar-refractivity contribution in [3.05, 3.63) is 69.2 Å². The van der Waals surface area contributed by atoms with Crippen LogP contribution in [0, 0.1) is 0 Å². The number of carbonyl (C=O) groups excluding carboxylic acids is 1. The molecule has 0 aromatic heterocycles. The van der Waals surface area contributed by atoms with E-state index in [9.17, 15) is 9.90 Å². The molecule has 2 heterocycles. The third-order valence-electron chi connectivity index (χ3n) is 7.05. The van der Waals surface area contributed by atoms with Crippen molar-refractivity contribution in [1.82, 2.24) is 14.7 Å². The van der Waals surface area contributed by atoms with E-state index >= 15 is 0 Å². The lowest BCUT2D eigenvalue weighted by molar-refractivity contribution is 0.0309. The minimum Gasteiger partial charge on any atom is -0.390 e. The number of aryl methyl sites for hydroxylation is 1. The predicted molar refractivity (Wildman–Crippen MR) is 123 cm³/mol. The Kier molecular flexibility index (Phi) is 5.97. The number of piperazine rings is 1. The Bertz CT molecular complexity index is 960. The monoisotopic (exact) mass is 459 g/mol. The van der Waals surface area contributed by atoms with Crippen molar-refractivity contribution in [1.29, 1.82) is 0 Å². The molecule has 1 aliphatic carbocycles. The van der Waals surface area contributed by atoms with E-state index in [1.54, 1.807) is 29.2 Å². The fourth-order valence-corrected chi connectivity index (χ4v) is 5.71. The summed E-state index contributed by atoms with van der Waals surface area (Å²) in [7, 11) is 0. The summed E-state index contributed by atoms with van der Waals surface area (Å²) in [5.74, 6) is -0.0434. The lowest BCUT2D eigenvalue weighted by atomic mass is 10.1. The molecule has 5 rings (SSSR count). The summed E-state index contributed by atoms with van der Waals surface area (Å²) in [4.78, 5) is 19.5. The molecule has 3 atom stereocenters. The number of nitrogens with zero attached hydrogens (tertiary/aromatic N) is 3. The molecule has 2 aromatic rings. The van der Waals surface area contributed by atoms with Crippen LogP contribution in [-0.2, 0) is 6.42 Å². The first kappa shape index (κ1) is 21.2. The van der Waals surface area contributed by atoms with Crippen LogP contribution in [0.2, 0.25) is 10.0 Å². The van der Waals surface area contributed by atoms with Crippen LogP contribution in [0.15, 0.2) is 42.5 Å². The van der Waals surface area contributed by atoms with Crippen LogP contribution in [0.3, 0.4) is 0 Å². The quantitative estimate of drug-likeness (QED) is 0.762. The first-order valence-electron chi connectivity index (χ1n) is 11.0. The van der Waals surface area contributed by atoms with E-state index in [1.807, 2.05) is 6.07 Å². The van der Waals surface area contributed by atoms with Crippen molar-refractivity contribution in [3.8, 4) is 0 Å². The average Bonchev–Trinajstić information content (AvgIpc) is 3.37. The lowest BCUT2D eigenvalue weighted by Crippen LogP contribution is -2.54. The molecule has 164 valence electrons. The highest BCUT2D eigenvalue weighted by molar-refractivity contribution is 6.31. The fourth-order valence-electron chi connectivity index (χ4n) is 5.39.